The summed E-state index contributed by atoms with van der Waals surface area (Å²) in [6.45, 7) is 1.57. The van der Waals surface area contributed by atoms with Crippen LogP contribution in [0.4, 0.5) is 0 Å². The van der Waals surface area contributed by atoms with E-state index < -0.39 is 18.0 Å². The van der Waals surface area contributed by atoms with E-state index in [9.17, 15) is 9.59 Å². The quantitative estimate of drug-likeness (QED) is 0.504. The zero-order valence-electron chi connectivity index (χ0n) is 8.01. The molecular formula is C8H15NO5. The first-order chi connectivity index (χ1) is 6.41. The summed E-state index contributed by atoms with van der Waals surface area (Å²) < 4.78 is 0. The minimum Gasteiger partial charge on any atom is -0.481 e. The SMILES string of the molecule is CC(O)CN(CCC(=O)O)CC(=O)O. The average Bonchev–Trinajstić information content (AvgIpc) is 1.97. The van der Waals surface area contributed by atoms with Gasteiger partial charge in [0.2, 0.25) is 0 Å². The van der Waals surface area contributed by atoms with Gasteiger partial charge < -0.3 is 15.3 Å². The first-order valence-electron chi connectivity index (χ1n) is 4.26. The van der Waals surface area contributed by atoms with Crippen LogP contribution in [0.5, 0.6) is 0 Å². The molecule has 0 aliphatic rings. The van der Waals surface area contributed by atoms with Gasteiger partial charge in [-0.25, -0.2) is 0 Å². The summed E-state index contributed by atoms with van der Waals surface area (Å²) in [7, 11) is 0. The van der Waals surface area contributed by atoms with Crippen LogP contribution >= 0.6 is 0 Å². The maximum atomic E-state index is 10.4. The lowest BCUT2D eigenvalue weighted by atomic mass is 10.3. The van der Waals surface area contributed by atoms with Crippen LogP contribution < -0.4 is 0 Å². The summed E-state index contributed by atoms with van der Waals surface area (Å²) in [6.07, 6.45) is -0.789. The smallest absolute Gasteiger partial charge is 0.317 e. The predicted octanol–water partition coefficient (Wildman–Crippen LogP) is -0.771. The van der Waals surface area contributed by atoms with Gasteiger partial charge >= 0.3 is 11.9 Å². The Bertz CT molecular complexity index is 204. The van der Waals surface area contributed by atoms with Crippen molar-refractivity contribution in [1.29, 1.82) is 0 Å². The fourth-order valence-electron chi connectivity index (χ4n) is 1.05. The molecule has 3 N–H and O–H groups in total. The number of carboxylic acid groups (broad SMARTS) is 2. The van der Waals surface area contributed by atoms with Gasteiger partial charge in [0.25, 0.3) is 0 Å². The number of rotatable bonds is 7. The summed E-state index contributed by atoms with van der Waals surface area (Å²) >= 11 is 0. The fraction of sp³-hybridized carbons (Fsp3) is 0.750. The molecule has 0 amide bonds. The molecule has 6 heteroatoms. The van der Waals surface area contributed by atoms with E-state index >= 15 is 0 Å². The zero-order chi connectivity index (χ0) is 11.1. The lowest BCUT2D eigenvalue weighted by molar-refractivity contribution is -0.141. The number of aliphatic hydroxyl groups excluding tert-OH is 1. The maximum Gasteiger partial charge on any atom is 0.317 e. The Morgan fingerprint density at radius 3 is 2.21 bits per heavy atom. The Morgan fingerprint density at radius 1 is 1.29 bits per heavy atom. The highest BCUT2D eigenvalue weighted by molar-refractivity contribution is 5.69. The molecule has 6 nitrogen and oxygen atoms in total. The first kappa shape index (κ1) is 12.9. The van der Waals surface area contributed by atoms with E-state index in [1.165, 1.54) is 11.8 Å². The van der Waals surface area contributed by atoms with Crippen molar-refractivity contribution in [3.05, 3.63) is 0 Å². The van der Waals surface area contributed by atoms with Crippen LogP contribution in [-0.2, 0) is 9.59 Å². The molecule has 0 bridgehead atoms. The third-order valence-corrected chi connectivity index (χ3v) is 1.52. The number of carboxylic acids is 2. The average molecular weight is 205 g/mol. The Balaban J connectivity index is 3.96. The van der Waals surface area contributed by atoms with Gasteiger partial charge in [0.1, 0.15) is 0 Å². The molecular weight excluding hydrogens is 190 g/mol. The van der Waals surface area contributed by atoms with Gasteiger partial charge in [-0.05, 0) is 6.92 Å². The zero-order valence-corrected chi connectivity index (χ0v) is 8.01. The summed E-state index contributed by atoms with van der Waals surface area (Å²) in [4.78, 5) is 22.0. The van der Waals surface area contributed by atoms with Gasteiger partial charge in [0.05, 0.1) is 19.1 Å². The second kappa shape index (κ2) is 6.33. The molecule has 82 valence electrons. The van der Waals surface area contributed by atoms with Gasteiger partial charge in [0.15, 0.2) is 0 Å². The molecule has 1 atom stereocenters. The van der Waals surface area contributed by atoms with E-state index in [2.05, 4.69) is 0 Å². The second-order valence-electron chi connectivity index (χ2n) is 3.12. The highest BCUT2D eigenvalue weighted by atomic mass is 16.4. The monoisotopic (exact) mass is 205 g/mol. The fourth-order valence-corrected chi connectivity index (χ4v) is 1.05. The van der Waals surface area contributed by atoms with E-state index in [0.717, 1.165) is 0 Å². The molecule has 0 aromatic rings. The first-order valence-corrected chi connectivity index (χ1v) is 4.26. The van der Waals surface area contributed by atoms with Crippen molar-refractivity contribution < 1.29 is 24.9 Å². The van der Waals surface area contributed by atoms with Gasteiger partial charge in [-0.3, -0.25) is 14.5 Å². The van der Waals surface area contributed by atoms with Crippen LogP contribution in [0.2, 0.25) is 0 Å². The Kier molecular flexibility index (Phi) is 5.82. The number of hydrogen-bond acceptors (Lipinski definition) is 4. The van der Waals surface area contributed by atoms with Gasteiger partial charge in [-0.15, -0.1) is 0 Å². The molecule has 0 fully saturated rings. The van der Waals surface area contributed by atoms with Crippen molar-refractivity contribution in [2.24, 2.45) is 0 Å². The minimum atomic E-state index is -1.03. The summed E-state index contributed by atoms with van der Waals surface area (Å²) in [5, 5.41) is 25.9. The number of carbonyl (C=O) groups is 2. The van der Waals surface area contributed by atoms with Crippen LogP contribution in [0.25, 0.3) is 0 Å². The van der Waals surface area contributed by atoms with E-state index in [1.54, 1.807) is 0 Å². The van der Waals surface area contributed by atoms with Crippen molar-refractivity contribution in [2.45, 2.75) is 19.4 Å². The van der Waals surface area contributed by atoms with Crippen molar-refractivity contribution in [3.8, 4) is 0 Å². The molecule has 0 aliphatic heterocycles. The lowest BCUT2D eigenvalue weighted by Gasteiger charge is -2.20. The Hall–Kier alpha value is -1.14. The number of aliphatic carboxylic acids is 2. The molecule has 0 heterocycles. The lowest BCUT2D eigenvalue weighted by Crippen LogP contribution is -2.36. The van der Waals surface area contributed by atoms with Crippen molar-refractivity contribution >= 4 is 11.9 Å². The predicted molar refractivity (Wildman–Crippen MR) is 48.0 cm³/mol. The van der Waals surface area contributed by atoms with Crippen molar-refractivity contribution in [1.82, 2.24) is 4.90 Å². The molecule has 0 aliphatic carbocycles. The molecule has 0 rings (SSSR count). The number of nitrogens with zero attached hydrogens (tertiary/aromatic N) is 1. The normalized spacial score (nSPS) is 12.8. The van der Waals surface area contributed by atoms with E-state index in [1.807, 2.05) is 0 Å². The number of hydrogen-bond donors (Lipinski definition) is 3. The Labute approximate surface area is 81.8 Å². The van der Waals surface area contributed by atoms with Crippen LogP contribution in [0.1, 0.15) is 13.3 Å². The van der Waals surface area contributed by atoms with Crippen LogP contribution in [0.3, 0.4) is 0 Å². The molecule has 1 unspecified atom stereocenters. The molecule has 0 radical (unpaired) electrons. The highest BCUT2D eigenvalue weighted by Crippen LogP contribution is 1.95. The minimum absolute atomic E-state index is 0.125. The van der Waals surface area contributed by atoms with E-state index in [0.29, 0.717) is 0 Å². The molecule has 14 heavy (non-hydrogen) atoms. The highest BCUT2D eigenvalue weighted by Gasteiger charge is 2.13. The largest absolute Gasteiger partial charge is 0.481 e. The van der Waals surface area contributed by atoms with Crippen LogP contribution in [0, 0.1) is 0 Å². The van der Waals surface area contributed by atoms with Gasteiger partial charge in [-0.1, -0.05) is 0 Å². The van der Waals surface area contributed by atoms with Crippen molar-refractivity contribution in [3.63, 3.8) is 0 Å². The second-order valence-corrected chi connectivity index (χ2v) is 3.12. The Morgan fingerprint density at radius 2 is 1.86 bits per heavy atom. The number of aliphatic hydroxyl groups is 1. The summed E-state index contributed by atoms with van der Waals surface area (Å²) in [5.74, 6) is -2.01. The summed E-state index contributed by atoms with van der Waals surface area (Å²) in [6, 6.07) is 0. The van der Waals surface area contributed by atoms with Crippen LogP contribution in [0.15, 0.2) is 0 Å². The van der Waals surface area contributed by atoms with Crippen molar-refractivity contribution in [2.75, 3.05) is 19.6 Å². The summed E-state index contributed by atoms with van der Waals surface area (Å²) in [5.41, 5.74) is 0. The van der Waals surface area contributed by atoms with Gasteiger partial charge in [-0.2, -0.15) is 0 Å². The molecule has 0 aromatic carbocycles. The topological polar surface area (TPSA) is 98.1 Å². The van der Waals surface area contributed by atoms with Gasteiger partial charge in [0, 0.05) is 13.1 Å². The maximum absolute atomic E-state index is 10.4. The molecule has 0 saturated heterocycles. The van der Waals surface area contributed by atoms with E-state index in [4.69, 9.17) is 15.3 Å². The van der Waals surface area contributed by atoms with Crippen LogP contribution in [-0.4, -0.2) is 57.9 Å². The molecule has 0 aromatic heterocycles. The molecule has 0 saturated carbocycles. The molecule has 0 spiro atoms. The third kappa shape index (κ3) is 7.51. The standard InChI is InChI=1S/C8H15NO5/c1-6(10)4-9(5-8(13)14)3-2-7(11)12/h6,10H,2-5H2,1H3,(H,11,12)(H,13,14). The van der Waals surface area contributed by atoms with E-state index in [-0.39, 0.29) is 26.1 Å². The third-order valence-electron chi connectivity index (χ3n) is 1.52.